The SMILES string of the molecule is Cc1scnc1CCO. The molecule has 0 unspecified atom stereocenters. The predicted molar refractivity (Wildman–Crippen MR) is 37.6 cm³/mol. The first kappa shape index (κ1) is 6.71. The molecular weight excluding hydrogens is 134 g/mol. The smallest absolute Gasteiger partial charge is 0.0797 e. The third kappa shape index (κ3) is 1.50. The zero-order valence-electron chi connectivity index (χ0n) is 5.29. The predicted octanol–water partition coefficient (Wildman–Crippen LogP) is 0.986. The molecule has 1 N–H and O–H groups in total. The van der Waals surface area contributed by atoms with Crippen LogP contribution < -0.4 is 0 Å². The summed E-state index contributed by atoms with van der Waals surface area (Å²) >= 11 is 1.62. The van der Waals surface area contributed by atoms with E-state index < -0.39 is 0 Å². The lowest BCUT2D eigenvalue weighted by Crippen LogP contribution is -1.91. The molecule has 0 saturated heterocycles. The fourth-order valence-electron chi connectivity index (χ4n) is 0.674. The second-order valence-electron chi connectivity index (χ2n) is 1.83. The van der Waals surface area contributed by atoms with Crippen molar-refractivity contribution in [3.63, 3.8) is 0 Å². The van der Waals surface area contributed by atoms with Crippen LogP contribution in [0.4, 0.5) is 0 Å². The molecule has 0 aliphatic heterocycles. The molecule has 0 saturated carbocycles. The molecule has 1 heterocycles. The maximum Gasteiger partial charge on any atom is 0.0797 e. The van der Waals surface area contributed by atoms with E-state index in [4.69, 9.17) is 5.11 Å². The van der Waals surface area contributed by atoms with E-state index in [1.807, 2.05) is 6.92 Å². The monoisotopic (exact) mass is 143 g/mol. The van der Waals surface area contributed by atoms with E-state index in [1.165, 1.54) is 4.88 Å². The number of rotatable bonds is 2. The molecule has 2 nitrogen and oxygen atoms in total. The molecule has 9 heavy (non-hydrogen) atoms. The van der Waals surface area contributed by atoms with Crippen LogP contribution in [0.5, 0.6) is 0 Å². The standard InChI is InChI=1S/C6H9NOS/c1-5-6(2-3-8)7-4-9-5/h4,8H,2-3H2,1H3. The maximum atomic E-state index is 8.53. The number of thiazole rings is 1. The van der Waals surface area contributed by atoms with Crippen molar-refractivity contribution in [1.29, 1.82) is 0 Å². The zero-order valence-corrected chi connectivity index (χ0v) is 6.11. The first-order valence-electron chi connectivity index (χ1n) is 2.84. The number of aliphatic hydroxyl groups excluding tert-OH is 1. The Morgan fingerprint density at radius 2 is 2.56 bits per heavy atom. The Labute approximate surface area is 58.2 Å². The molecule has 0 bridgehead atoms. The molecule has 3 heteroatoms. The summed E-state index contributed by atoms with van der Waals surface area (Å²) in [5, 5.41) is 8.53. The minimum atomic E-state index is 0.199. The number of nitrogens with zero attached hydrogens (tertiary/aromatic N) is 1. The van der Waals surface area contributed by atoms with Gasteiger partial charge in [0.15, 0.2) is 0 Å². The fraction of sp³-hybridized carbons (Fsp3) is 0.500. The second-order valence-corrected chi connectivity index (χ2v) is 2.89. The van der Waals surface area contributed by atoms with Crippen LogP contribution in [-0.2, 0) is 6.42 Å². The van der Waals surface area contributed by atoms with Crippen molar-refractivity contribution >= 4 is 11.3 Å². The minimum absolute atomic E-state index is 0.199. The maximum absolute atomic E-state index is 8.53. The van der Waals surface area contributed by atoms with E-state index in [2.05, 4.69) is 4.98 Å². The van der Waals surface area contributed by atoms with Gasteiger partial charge in [0.25, 0.3) is 0 Å². The second kappa shape index (κ2) is 2.94. The minimum Gasteiger partial charge on any atom is -0.396 e. The molecule has 1 aromatic rings. The van der Waals surface area contributed by atoms with Gasteiger partial charge in [-0.25, -0.2) is 4.98 Å². The van der Waals surface area contributed by atoms with Crippen molar-refractivity contribution in [2.75, 3.05) is 6.61 Å². The van der Waals surface area contributed by atoms with E-state index in [0.29, 0.717) is 6.42 Å². The van der Waals surface area contributed by atoms with Crippen molar-refractivity contribution in [3.05, 3.63) is 16.1 Å². The molecule has 0 aromatic carbocycles. The number of aliphatic hydroxyl groups is 1. The number of aryl methyl sites for hydroxylation is 1. The highest BCUT2D eigenvalue weighted by molar-refractivity contribution is 7.09. The van der Waals surface area contributed by atoms with Gasteiger partial charge in [-0.2, -0.15) is 0 Å². The Morgan fingerprint density at radius 3 is 3.00 bits per heavy atom. The van der Waals surface area contributed by atoms with Gasteiger partial charge in [0, 0.05) is 17.9 Å². The normalized spacial score (nSPS) is 10.0. The van der Waals surface area contributed by atoms with E-state index in [-0.39, 0.29) is 6.61 Å². The molecule has 0 aliphatic rings. The fourth-order valence-corrected chi connectivity index (χ4v) is 1.30. The molecule has 50 valence electrons. The summed E-state index contributed by atoms with van der Waals surface area (Å²) in [4.78, 5) is 5.28. The molecule has 0 radical (unpaired) electrons. The Balaban J connectivity index is 2.69. The Bertz CT molecular complexity index is 185. The van der Waals surface area contributed by atoms with Gasteiger partial charge in [-0.05, 0) is 6.92 Å². The summed E-state index contributed by atoms with van der Waals surface area (Å²) in [5.41, 5.74) is 2.84. The summed E-state index contributed by atoms with van der Waals surface area (Å²) in [6, 6.07) is 0. The summed E-state index contributed by atoms with van der Waals surface area (Å²) in [5.74, 6) is 0. The average molecular weight is 143 g/mol. The molecule has 0 amide bonds. The van der Waals surface area contributed by atoms with Crippen LogP contribution >= 0.6 is 11.3 Å². The molecule has 0 fully saturated rings. The van der Waals surface area contributed by atoms with Gasteiger partial charge in [0.05, 0.1) is 11.2 Å². The van der Waals surface area contributed by atoms with Crippen molar-refractivity contribution < 1.29 is 5.11 Å². The van der Waals surface area contributed by atoms with Gasteiger partial charge in [-0.3, -0.25) is 0 Å². The lowest BCUT2D eigenvalue weighted by Gasteiger charge is -1.90. The molecule has 0 spiro atoms. The van der Waals surface area contributed by atoms with Crippen molar-refractivity contribution in [2.24, 2.45) is 0 Å². The van der Waals surface area contributed by atoms with E-state index >= 15 is 0 Å². The van der Waals surface area contributed by atoms with Gasteiger partial charge in [0.1, 0.15) is 0 Å². The van der Waals surface area contributed by atoms with Crippen molar-refractivity contribution in [2.45, 2.75) is 13.3 Å². The first-order valence-corrected chi connectivity index (χ1v) is 3.72. The molecular formula is C6H9NOS. The van der Waals surface area contributed by atoms with E-state index in [0.717, 1.165) is 5.69 Å². The largest absolute Gasteiger partial charge is 0.396 e. The van der Waals surface area contributed by atoms with Crippen LogP contribution in [-0.4, -0.2) is 16.7 Å². The molecule has 0 atom stereocenters. The number of aromatic nitrogens is 1. The Morgan fingerprint density at radius 1 is 1.78 bits per heavy atom. The summed E-state index contributed by atoms with van der Waals surface area (Å²) < 4.78 is 0. The van der Waals surface area contributed by atoms with Crippen LogP contribution in [0.2, 0.25) is 0 Å². The highest BCUT2D eigenvalue weighted by Crippen LogP contribution is 2.10. The summed E-state index contributed by atoms with van der Waals surface area (Å²) in [7, 11) is 0. The van der Waals surface area contributed by atoms with Crippen LogP contribution in [0.15, 0.2) is 5.51 Å². The van der Waals surface area contributed by atoms with Gasteiger partial charge in [-0.1, -0.05) is 0 Å². The van der Waals surface area contributed by atoms with Gasteiger partial charge >= 0.3 is 0 Å². The van der Waals surface area contributed by atoms with Gasteiger partial charge in [0.2, 0.25) is 0 Å². The van der Waals surface area contributed by atoms with Crippen LogP contribution in [0.25, 0.3) is 0 Å². The Hall–Kier alpha value is -0.410. The zero-order chi connectivity index (χ0) is 6.69. The van der Waals surface area contributed by atoms with Crippen molar-refractivity contribution in [1.82, 2.24) is 4.98 Å². The summed E-state index contributed by atoms with van der Waals surface area (Å²) in [6.07, 6.45) is 0.690. The Kier molecular flexibility index (Phi) is 2.19. The molecule has 1 aromatic heterocycles. The van der Waals surface area contributed by atoms with Crippen LogP contribution in [0.1, 0.15) is 10.6 Å². The lowest BCUT2D eigenvalue weighted by atomic mass is 10.3. The van der Waals surface area contributed by atoms with Gasteiger partial charge in [-0.15, -0.1) is 11.3 Å². The number of hydrogen-bond acceptors (Lipinski definition) is 3. The quantitative estimate of drug-likeness (QED) is 0.669. The highest BCUT2D eigenvalue weighted by Gasteiger charge is 1.97. The topological polar surface area (TPSA) is 33.1 Å². The average Bonchev–Trinajstić information content (AvgIpc) is 2.18. The first-order chi connectivity index (χ1) is 4.34. The van der Waals surface area contributed by atoms with Gasteiger partial charge < -0.3 is 5.11 Å². The molecule has 0 aliphatic carbocycles. The highest BCUT2D eigenvalue weighted by atomic mass is 32.1. The third-order valence-corrected chi connectivity index (χ3v) is 1.99. The van der Waals surface area contributed by atoms with E-state index in [1.54, 1.807) is 16.8 Å². The van der Waals surface area contributed by atoms with Crippen LogP contribution in [0.3, 0.4) is 0 Å². The van der Waals surface area contributed by atoms with E-state index in [9.17, 15) is 0 Å². The number of hydrogen-bond donors (Lipinski definition) is 1. The molecule has 1 rings (SSSR count). The van der Waals surface area contributed by atoms with Crippen molar-refractivity contribution in [3.8, 4) is 0 Å². The third-order valence-electron chi connectivity index (χ3n) is 1.19. The lowest BCUT2D eigenvalue weighted by molar-refractivity contribution is 0.298. The van der Waals surface area contributed by atoms with Crippen LogP contribution in [0, 0.1) is 6.92 Å². The summed E-state index contributed by atoms with van der Waals surface area (Å²) in [6.45, 7) is 2.22.